The highest BCUT2D eigenvalue weighted by Crippen LogP contribution is 2.20. The topological polar surface area (TPSA) is 111 Å². The van der Waals surface area contributed by atoms with Crippen molar-refractivity contribution >= 4 is 31.5 Å². The Balaban J connectivity index is 2.13. The zero-order chi connectivity index (χ0) is 28.0. The van der Waals surface area contributed by atoms with Gasteiger partial charge in [-0.05, 0) is 61.5 Å². The minimum absolute atomic E-state index is 0.0239. The van der Waals surface area contributed by atoms with Crippen molar-refractivity contribution in [3.63, 3.8) is 0 Å². The number of alkyl carbamates (subject to hydrolysis) is 1. The number of anilines is 1. The highest BCUT2D eigenvalue weighted by molar-refractivity contribution is 6.76. The summed E-state index contributed by atoms with van der Waals surface area (Å²) in [4.78, 5) is 39.4. The number of hydrogen-bond acceptors (Lipinski definition) is 5. The average Bonchev–Trinajstić information content (AvgIpc) is 2.88. The second-order valence-corrected chi connectivity index (χ2v) is 16.6. The van der Waals surface area contributed by atoms with E-state index in [1.54, 1.807) is 0 Å². The molecule has 0 heterocycles. The number of nitrogens with one attached hydrogen (secondary N) is 2. The van der Waals surface area contributed by atoms with E-state index >= 15 is 0 Å². The average molecular weight is 540 g/mol. The monoisotopic (exact) mass is 539 g/mol. The molecule has 38 heavy (non-hydrogen) atoms. The van der Waals surface area contributed by atoms with Gasteiger partial charge in [0, 0.05) is 26.1 Å². The molecule has 0 unspecified atom stereocenters. The van der Waals surface area contributed by atoms with E-state index in [1.807, 2.05) is 54.6 Å². The van der Waals surface area contributed by atoms with Crippen LogP contribution in [0.25, 0.3) is 0 Å². The second-order valence-electron chi connectivity index (χ2n) is 11.0. The standard InChI is InChI=1S/C30H45N3O4Si/c1-5-23-14-16-26(17-15-23)32-29(35)25(13-9-10-18-31)22-28(34)27(21-24-11-7-6-8-12-24)33-30(36)37-19-20-38(2,3)4/h6-8,11-12,14-17,25,27H,5,9-10,13,18-22,31H2,1-4H3,(H,32,35)(H,33,36)/t25-,27+/m1/s1. The Labute approximate surface area is 228 Å². The summed E-state index contributed by atoms with van der Waals surface area (Å²) in [6.07, 6.45) is 2.73. The molecule has 0 aromatic heterocycles. The number of carbonyl (C=O) groups excluding carboxylic acids is 3. The highest BCUT2D eigenvalue weighted by Gasteiger charge is 2.28. The first kappa shape index (κ1) is 31.2. The molecule has 0 saturated heterocycles. The van der Waals surface area contributed by atoms with Gasteiger partial charge in [0.05, 0.1) is 12.6 Å². The summed E-state index contributed by atoms with van der Waals surface area (Å²) < 4.78 is 5.41. The lowest BCUT2D eigenvalue weighted by molar-refractivity contribution is -0.127. The van der Waals surface area contributed by atoms with Crippen LogP contribution in [-0.4, -0.2) is 45.1 Å². The first-order valence-electron chi connectivity index (χ1n) is 13.7. The van der Waals surface area contributed by atoms with Crippen molar-refractivity contribution in [2.45, 2.75) is 77.2 Å². The van der Waals surface area contributed by atoms with E-state index in [2.05, 4.69) is 37.2 Å². The molecule has 2 aromatic carbocycles. The molecule has 4 N–H and O–H groups in total. The summed E-state index contributed by atoms with van der Waals surface area (Å²) in [6, 6.07) is 17.3. The molecule has 0 radical (unpaired) electrons. The predicted octanol–water partition coefficient (Wildman–Crippen LogP) is 5.57. The Morgan fingerprint density at radius 1 is 0.947 bits per heavy atom. The molecule has 0 aliphatic rings. The van der Waals surface area contributed by atoms with Crippen molar-refractivity contribution in [1.82, 2.24) is 5.32 Å². The molecule has 8 heteroatoms. The van der Waals surface area contributed by atoms with Crippen molar-refractivity contribution in [2.24, 2.45) is 11.7 Å². The largest absolute Gasteiger partial charge is 0.450 e. The maximum atomic E-state index is 13.5. The lowest BCUT2D eigenvalue weighted by Gasteiger charge is -2.22. The maximum Gasteiger partial charge on any atom is 0.407 e. The summed E-state index contributed by atoms with van der Waals surface area (Å²) in [5.41, 5.74) is 8.48. The number of ketones is 1. The molecule has 2 rings (SSSR count). The smallest absolute Gasteiger partial charge is 0.407 e. The van der Waals surface area contributed by atoms with Gasteiger partial charge < -0.3 is 21.1 Å². The van der Waals surface area contributed by atoms with Crippen LogP contribution in [0.15, 0.2) is 54.6 Å². The molecule has 7 nitrogen and oxygen atoms in total. The highest BCUT2D eigenvalue weighted by atomic mass is 28.3. The van der Waals surface area contributed by atoms with Gasteiger partial charge >= 0.3 is 6.09 Å². The second kappa shape index (κ2) is 16.1. The summed E-state index contributed by atoms with van der Waals surface area (Å²) in [7, 11) is -1.36. The van der Waals surface area contributed by atoms with Gasteiger partial charge in [-0.25, -0.2) is 4.79 Å². The van der Waals surface area contributed by atoms with Gasteiger partial charge in [-0.3, -0.25) is 9.59 Å². The van der Waals surface area contributed by atoms with Crippen LogP contribution in [0.5, 0.6) is 0 Å². The predicted molar refractivity (Wildman–Crippen MR) is 157 cm³/mol. The summed E-state index contributed by atoms with van der Waals surface area (Å²) in [5, 5.41) is 5.74. The van der Waals surface area contributed by atoms with E-state index < -0.39 is 26.1 Å². The zero-order valence-corrected chi connectivity index (χ0v) is 24.4. The number of amides is 2. The first-order chi connectivity index (χ1) is 18.1. The van der Waals surface area contributed by atoms with Crippen LogP contribution in [0.2, 0.25) is 25.7 Å². The zero-order valence-electron chi connectivity index (χ0n) is 23.4. The molecule has 0 saturated carbocycles. The van der Waals surface area contributed by atoms with Crippen LogP contribution in [0.4, 0.5) is 10.5 Å². The van der Waals surface area contributed by atoms with E-state index in [4.69, 9.17) is 10.5 Å². The quantitative estimate of drug-likeness (QED) is 0.191. The van der Waals surface area contributed by atoms with Crippen LogP contribution in [0, 0.1) is 5.92 Å². The van der Waals surface area contributed by atoms with Gasteiger partial charge in [0.15, 0.2) is 5.78 Å². The normalized spacial score (nSPS) is 12.9. The number of rotatable bonds is 16. The van der Waals surface area contributed by atoms with Gasteiger partial charge in [-0.15, -0.1) is 0 Å². The van der Waals surface area contributed by atoms with E-state index in [1.165, 1.54) is 5.56 Å². The van der Waals surface area contributed by atoms with Crippen LogP contribution in [0.3, 0.4) is 0 Å². The molecule has 208 valence electrons. The fourth-order valence-electron chi connectivity index (χ4n) is 4.04. The fraction of sp³-hybridized carbons (Fsp3) is 0.500. The Bertz CT molecular complexity index is 1010. The van der Waals surface area contributed by atoms with Gasteiger partial charge in [0.1, 0.15) is 0 Å². The first-order valence-corrected chi connectivity index (χ1v) is 17.4. The number of unbranched alkanes of at least 4 members (excludes halogenated alkanes) is 1. The van der Waals surface area contributed by atoms with Crippen molar-refractivity contribution < 1.29 is 19.1 Å². The SMILES string of the molecule is CCc1ccc(NC(=O)[C@H](CCCCN)CC(=O)[C@H](Cc2ccccc2)NC(=O)OCC[Si](C)(C)C)cc1. The molecule has 0 fully saturated rings. The number of aryl methyl sites for hydroxylation is 1. The Morgan fingerprint density at radius 2 is 1.63 bits per heavy atom. The van der Waals surface area contributed by atoms with E-state index in [0.29, 0.717) is 31.7 Å². The van der Waals surface area contributed by atoms with Gasteiger partial charge in [0.2, 0.25) is 5.91 Å². The Morgan fingerprint density at radius 3 is 2.24 bits per heavy atom. The van der Waals surface area contributed by atoms with Crippen molar-refractivity contribution in [3.05, 3.63) is 65.7 Å². The van der Waals surface area contributed by atoms with Crippen molar-refractivity contribution in [3.8, 4) is 0 Å². The summed E-state index contributed by atoms with van der Waals surface area (Å²) in [6.45, 7) is 9.57. The summed E-state index contributed by atoms with van der Waals surface area (Å²) >= 11 is 0. The minimum Gasteiger partial charge on any atom is -0.450 e. The van der Waals surface area contributed by atoms with Gasteiger partial charge in [0.25, 0.3) is 0 Å². The van der Waals surface area contributed by atoms with Gasteiger partial charge in [-0.2, -0.15) is 0 Å². The van der Waals surface area contributed by atoms with Crippen molar-refractivity contribution in [1.29, 1.82) is 0 Å². The molecular formula is C30H45N3O4Si. The van der Waals surface area contributed by atoms with Gasteiger partial charge in [-0.1, -0.05) is 75.5 Å². The number of ether oxygens (including phenoxy) is 1. The Kier molecular flexibility index (Phi) is 13.2. The number of Topliss-reactive ketones (excluding diaryl/α,β-unsaturated/α-hetero) is 1. The molecular weight excluding hydrogens is 494 g/mol. The molecule has 2 atom stereocenters. The van der Waals surface area contributed by atoms with Crippen LogP contribution in [0.1, 0.15) is 43.7 Å². The molecule has 0 spiro atoms. The van der Waals surface area contributed by atoms with E-state index in [0.717, 1.165) is 30.9 Å². The number of hydrogen-bond donors (Lipinski definition) is 3. The third-order valence-electron chi connectivity index (χ3n) is 6.50. The van der Waals surface area contributed by atoms with Crippen LogP contribution in [-0.2, 0) is 27.2 Å². The lowest BCUT2D eigenvalue weighted by Crippen LogP contribution is -2.44. The fourth-order valence-corrected chi connectivity index (χ4v) is 4.76. The third kappa shape index (κ3) is 12.0. The molecule has 0 aliphatic carbocycles. The summed E-state index contributed by atoms with van der Waals surface area (Å²) in [5.74, 6) is -0.913. The van der Waals surface area contributed by atoms with Crippen molar-refractivity contribution in [2.75, 3.05) is 18.5 Å². The molecule has 2 aromatic rings. The van der Waals surface area contributed by atoms with E-state index in [9.17, 15) is 14.4 Å². The number of carbonyl (C=O) groups is 3. The molecule has 2 amide bonds. The Hall–Kier alpha value is -2.97. The number of benzene rings is 2. The number of nitrogens with two attached hydrogens (primary N) is 1. The molecule has 0 bridgehead atoms. The minimum atomic E-state index is -1.36. The van der Waals surface area contributed by atoms with Crippen LogP contribution < -0.4 is 16.4 Å². The van der Waals surface area contributed by atoms with Crippen LogP contribution >= 0.6 is 0 Å². The van der Waals surface area contributed by atoms with E-state index in [-0.39, 0.29) is 18.1 Å². The maximum absolute atomic E-state index is 13.5. The third-order valence-corrected chi connectivity index (χ3v) is 8.21. The molecule has 0 aliphatic heterocycles. The lowest BCUT2D eigenvalue weighted by atomic mass is 9.90.